The topological polar surface area (TPSA) is 113 Å². The third-order valence-corrected chi connectivity index (χ3v) is 2.17. The number of hydrogen-bond donors (Lipinski definition) is 4. The molecule has 0 aliphatic rings. The third-order valence-electron chi connectivity index (χ3n) is 2.17. The molecule has 17 heavy (non-hydrogen) atoms. The molecule has 1 atom stereocenters. The van der Waals surface area contributed by atoms with Crippen LogP contribution in [0, 0.1) is 0 Å². The smallest absolute Gasteiger partial charge is 0.322 e. The van der Waals surface area contributed by atoms with E-state index in [-0.39, 0.29) is 13.0 Å². The van der Waals surface area contributed by atoms with E-state index in [1.165, 1.54) is 0 Å². The van der Waals surface area contributed by atoms with E-state index < -0.39 is 18.0 Å². The van der Waals surface area contributed by atoms with Crippen LogP contribution in [0.5, 0.6) is 0 Å². The highest BCUT2D eigenvalue weighted by Crippen LogP contribution is 2.10. The summed E-state index contributed by atoms with van der Waals surface area (Å²) in [5.74, 6) is -1.99. The van der Waals surface area contributed by atoms with E-state index in [1.54, 1.807) is 24.3 Å². The van der Waals surface area contributed by atoms with Crippen LogP contribution in [0.4, 0.5) is 5.69 Å². The zero-order valence-electron chi connectivity index (χ0n) is 9.09. The molecule has 0 heterocycles. The number of carboxylic acids is 2. The number of carbonyl (C=O) groups is 2. The molecule has 0 unspecified atom stereocenters. The van der Waals surface area contributed by atoms with Gasteiger partial charge in [0.05, 0.1) is 0 Å². The van der Waals surface area contributed by atoms with Crippen molar-refractivity contribution in [2.75, 3.05) is 11.9 Å². The Morgan fingerprint density at radius 2 is 1.82 bits per heavy atom. The van der Waals surface area contributed by atoms with Gasteiger partial charge in [-0.2, -0.15) is 0 Å². The minimum Gasteiger partial charge on any atom is -0.480 e. The van der Waals surface area contributed by atoms with E-state index in [0.717, 1.165) is 5.56 Å². The second-order valence-electron chi connectivity index (χ2n) is 3.59. The Kier molecular flexibility index (Phi) is 4.47. The molecule has 0 fully saturated rings. The van der Waals surface area contributed by atoms with Crippen molar-refractivity contribution in [2.24, 2.45) is 5.73 Å². The first kappa shape index (κ1) is 13.0. The van der Waals surface area contributed by atoms with Crippen molar-refractivity contribution in [3.05, 3.63) is 29.8 Å². The van der Waals surface area contributed by atoms with Gasteiger partial charge in [-0.25, -0.2) is 0 Å². The Morgan fingerprint density at radius 1 is 1.24 bits per heavy atom. The number of nitrogens with two attached hydrogens (primary N) is 1. The Bertz CT molecular complexity index is 402. The van der Waals surface area contributed by atoms with E-state index in [1.807, 2.05) is 0 Å². The number of anilines is 1. The zero-order chi connectivity index (χ0) is 12.8. The van der Waals surface area contributed by atoms with Crippen molar-refractivity contribution < 1.29 is 19.8 Å². The van der Waals surface area contributed by atoms with Crippen molar-refractivity contribution in [1.82, 2.24) is 0 Å². The minimum absolute atomic E-state index is 0.159. The predicted octanol–water partition coefficient (Wildman–Crippen LogP) is 0.137. The van der Waals surface area contributed by atoms with Crippen LogP contribution in [0.25, 0.3) is 0 Å². The van der Waals surface area contributed by atoms with Crippen molar-refractivity contribution in [3.8, 4) is 0 Å². The van der Waals surface area contributed by atoms with Crippen LogP contribution >= 0.6 is 0 Å². The summed E-state index contributed by atoms with van der Waals surface area (Å²) in [5.41, 5.74) is 6.85. The summed E-state index contributed by atoms with van der Waals surface area (Å²) in [5, 5.41) is 19.8. The number of rotatable bonds is 6. The summed E-state index contributed by atoms with van der Waals surface area (Å²) in [4.78, 5) is 20.9. The van der Waals surface area contributed by atoms with Crippen LogP contribution in [-0.2, 0) is 16.0 Å². The van der Waals surface area contributed by atoms with Gasteiger partial charge in [-0.05, 0) is 24.1 Å². The molecule has 0 saturated carbocycles. The van der Waals surface area contributed by atoms with Crippen molar-refractivity contribution in [1.29, 1.82) is 0 Å². The fraction of sp³-hybridized carbons (Fsp3) is 0.273. The van der Waals surface area contributed by atoms with Crippen LogP contribution in [-0.4, -0.2) is 34.7 Å². The van der Waals surface area contributed by atoms with Gasteiger partial charge >= 0.3 is 11.9 Å². The summed E-state index contributed by atoms with van der Waals surface area (Å²) in [6, 6.07) is 5.88. The Hall–Kier alpha value is -2.08. The maximum atomic E-state index is 10.5. The van der Waals surface area contributed by atoms with E-state index >= 15 is 0 Å². The lowest BCUT2D eigenvalue weighted by atomic mass is 10.1. The number of aliphatic carboxylic acids is 2. The van der Waals surface area contributed by atoms with Gasteiger partial charge in [0.2, 0.25) is 0 Å². The molecule has 0 bridgehead atoms. The third kappa shape index (κ3) is 4.52. The van der Waals surface area contributed by atoms with Crippen LogP contribution in [0.15, 0.2) is 24.3 Å². The molecule has 1 aromatic carbocycles. The van der Waals surface area contributed by atoms with Crippen molar-refractivity contribution in [3.63, 3.8) is 0 Å². The Morgan fingerprint density at radius 3 is 2.29 bits per heavy atom. The first-order valence-electron chi connectivity index (χ1n) is 5.02. The number of hydrogen-bond acceptors (Lipinski definition) is 4. The Labute approximate surface area is 98.1 Å². The van der Waals surface area contributed by atoms with Gasteiger partial charge in [0.1, 0.15) is 12.6 Å². The normalized spacial score (nSPS) is 11.8. The molecule has 0 aromatic heterocycles. The van der Waals surface area contributed by atoms with E-state index in [0.29, 0.717) is 5.69 Å². The fourth-order valence-corrected chi connectivity index (χ4v) is 1.28. The minimum atomic E-state index is -1.04. The largest absolute Gasteiger partial charge is 0.480 e. The lowest BCUT2D eigenvalue weighted by Crippen LogP contribution is -2.32. The summed E-state index contributed by atoms with van der Waals surface area (Å²) < 4.78 is 0. The molecular formula is C11H14N2O4. The van der Waals surface area contributed by atoms with Gasteiger partial charge < -0.3 is 21.3 Å². The van der Waals surface area contributed by atoms with E-state index in [2.05, 4.69) is 5.32 Å². The molecule has 1 rings (SSSR count). The van der Waals surface area contributed by atoms with Gasteiger partial charge in [0.15, 0.2) is 0 Å². The quantitative estimate of drug-likeness (QED) is 0.560. The molecule has 0 aliphatic heterocycles. The standard InChI is InChI=1S/C11H14N2O4/c12-9(11(16)17)5-7-1-3-8(4-2-7)13-6-10(14)15/h1-4,9,13H,5-6,12H2,(H,14,15)(H,16,17)/t9-/m0/s1. The molecular weight excluding hydrogens is 224 g/mol. The van der Waals surface area contributed by atoms with Crippen LogP contribution in [0.2, 0.25) is 0 Å². The van der Waals surface area contributed by atoms with Crippen molar-refractivity contribution >= 4 is 17.6 Å². The molecule has 6 heteroatoms. The summed E-state index contributed by atoms with van der Waals surface area (Å²) >= 11 is 0. The van der Waals surface area contributed by atoms with Gasteiger partial charge in [-0.1, -0.05) is 12.1 Å². The number of carboxylic acid groups (broad SMARTS) is 2. The Balaban J connectivity index is 2.55. The fourth-order valence-electron chi connectivity index (χ4n) is 1.28. The predicted molar refractivity (Wildman–Crippen MR) is 61.9 cm³/mol. The highest BCUT2D eigenvalue weighted by molar-refractivity contribution is 5.74. The first-order chi connectivity index (χ1) is 7.99. The molecule has 0 amide bonds. The molecule has 5 N–H and O–H groups in total. The summed E-state index contributed by atoms with van der Waals surface area (Å²) in [6.45, 7) is -0.159. The lowest BCUT2D eigenvalue weighted by molar-refractivity contribution is -0.138. The van der Waals surface area contributed by atoms with Gasteiger partial charge in [-0.3, -0.25) is 9.59 Å². The van der Waals surface area contributed by atoms with Crippen LogP contribution < -0.4 is 11.1 Å². The van der Waals surface area contributed by atoms with Crippen LogP contribution in [0.3, 0.4) is 0 Å². The summed E-state index contributed by atoms with van der Waals surface area (Å²) in [7, 11) is 0. The SMILES string of the molecule is N[C@@H](Cc1ccc(NCC(=O)O)cc1)C(=O)O. The molecule has 0 aliphatic carbocycles. The highest BCUT2D eigenvalue weighted by Gasteiger charge is 2.11. The monoisotopic (exact) mass is 238 g/mol. The maximum absolute atomic E-state index is 10.5. The first-order valence-corrected chi connectivity index (χ1v) is 5.02. The average molecular weight is 238 g/mol. The molecule has 92 valence electrons. The van der Waals surface area contributed by atoms with Crippen molar-refractivity contribution in [2.45, 2.75) is 12.5 Å². The summed E-state index contributed by atoms with van der Waals surface area (Å²) in [6.07, 6.45) is 0.245. The number of nitrogens with one attached hydrogen (secondary N) is 1. The molecule has 0 radical (unpaired) electrons. The van der Waals surface area contributed by atoms with Gasteiger partial charge in [-0.15, -0.1) is 0 Å². The second-order valence-corrected chi connectivity index (χ2v) is 3.59. The molecule has 0 spiro atoms. The maximum Gasteiger partial charge on any atom is 0.322 e. The van der Waals surface area contributed by atoms with Crippen LogP contribution in [0.1, 0.15) is 5.56 Å². The lowest BCUT2D eigenvalue weighted by Gasteiger charge is -2.08. The average Bonchev–Trinajstić information content (AvgIpc) is 2.28. The number of benzene rings is 1. The van der Waals surface area contributed by atoms with E-state index in [9.17, 15) is 9.59 Å². The van der Waals surface area contributed by atoms with Gasteiger partial charge in [0, 0.05) is 5.69 Å². The molecule has 0 saturated heterocycles. The molecule has 1 aromatic rings. The van der Waals surface area contributed by atoms with Gasteiger partial charge in [0.25, 0.3) is 0 Å². The molecule has 6 nitrogen and oxygen atoms in total. The zero-order valence-corrected chi connectivity index (χ0v) is 9.09. The highest BCUT2D eigenvalue weighted by atomic mass is 16.4. The second kappa shape index (κ2) is 5.86. The van der Waals surface area contributed by atoms with E-state index in [4.69, 9.17) is 15.9 Å².